The van der Waals surface area contributed by atoms with Crippen LogP contribution in [0.4, 0.5) is 10.5 Å². The van der Waals surface area contributed by atoms with Crippen LogP contribution in [0.3, 0.4) is 0 Å². The van der Waals surface area contributed by atoms with Crippen molar-refractivity contribution in [2.75, 3.05) is 18.1 Å². The molecule has 1 heterocycles. The quantitative estimate of drug-likeness (QED) is 0.778. The number of carbonyl (C=O) groups excluding carboxylic acids is 3. The summed E-state index contributed by atoms with van der Waals surface area (Å²) in [5.41, 5.74) is 2.24. The second kappa shape index (κ2) is 8.29. The summed E-state index contributed by atoms with van der Waals surface area (Å²) in [5, 5.41) is 2.81. The van der Waals surface area contributed by atoms with Crippen molar-refractivity contribution in [1.82, 2.24) is 5.32 Å². The van der Waals surface area contributed by atoms with Crippen LogP contribution in [0.1, 0.15) is 28.8 Å². The maximum atomic E-state index is 12.0. The van der Waals surface area contributed by atoms with Gasteiger partial charge in [0, 0.05) is 30.6 Å². The molecule has 26 heavy (non-hydrogen) atoms. The molecule has 1 aliphatic rings. The van der Waals surface area contributed by atoms with Gasteiger partial charge in [-0.1, -0.05) is 42.5 Å². The van der Waals surface area contributed by atoms with Crippen LogP contribution in [-0.4, -0.2) is 30.9 Å². The summed E-state index contributed by atoms with van der Waals surface area (Å²) in [5.74, 6) is -0.226. The number of cyclic esters (lactones) is 1. The second-order valence-corrected chi connectivity index (χ2v) is 6.00. The van der Waals surface area contributed by atoms with E-state index in [1.807, 2.05) is 30.3 Å². The fraction of sp³-hybridized carbons (Fsp3) is 0.250. The highest BCUT2D eigenvalue weighted by molar-refractivity contribution is 5.97. The van der Waals surface area contributed by atoms with E-state index in [4.69, 9.17) is 4.74 Å². The Morgan fingerprint density at radius 1 is 1.04 bits per heavy atom. The molecule has 1 saturated heterocycles. The van der Waals surface area contributed by atoms with E-state index in [9.17, 15) is 14.4 Å². The van der Waals surface area contributed by atoms with Gasteiger partial charge in [0.1, 0.15) is 6.61 Å². The number of nitrogens with one attached hydrogen (secondary N) is 1. The number of nitrogens with zero attached hydrogens (tertiary/aromatic N) is 1. The lowest BCUT2D eigenvalue weighted by molar-refractivity contribution is -0.121. The van der Waals surface area contributed by atoms with E-state index in [-0.39, 0.29) is 30.6 Å². The summed E-state index contributed by atoms with van der Waals surface area (Å²) >= 11 is 0. The molecule has 1 aliphatic heterocycles. The van der Waals surface area contributed by atoms with Gasteiger partial charge in [-0.25, -0.2) is 4.79 Å². The summed E-state index contributed by atoms with van der Waals surface area (Å²) in [4.78, 5) is 37.2. The molecule has 6 nitrogen and oxygen atoms in total. The average molecular weight is 352 g/mol. The number of anilines is 1. The van der Waals surface area contributed by atoms with Gasteiger partial charge in [0.05, 0.1) is 6.54 Å². The van der Waals surface area contributed by atoms with Crippen molar-refractivity contribution < 1.29 is 19.1 Å². The first-order chi connectivity index (χ1) is 12.6. The molecular weight excluding hydrogens is 332 g/mol. The van der Waals surface area contributed by atoms with Gasteiger partial charge in [-0.2, -0.15) is 0 Å². The number of ketones is 1. The molecule has 2 aromatic carbocycles. The summed E-state index contributed by atoms with van der Waals surface area (Å²) in [6.45, 7) is 1.25. The summed E-state index contributed by atoms with van der Waals surface area (Å²) in [6.07, 6.45) is -0.0351. The zero-order valence-electron chi connectivity index (χ0n) is 14.3. The van der Waals surface area contributed by atoms with Gasteiger partial charge in [0.15, 0.2) is 5.78 Å². The Kier molecular flexibility index (Phi) is 5.63. The van der Waals surface area contributed by atoms with E-state index in [0.29, 0.717) is 25.3 Å². The molecule has 0 atom stereocenters. The van der Waals surface area contributed by atoms with E-state index in [0.717, 1.165) is 11.3 Å². The molecule has 0 unspecified atom stereocenters. The van der Waals surface area contributed by atoms with Crippen molar-refractivity contribution in [3.05, 3.63) is 65.7 Å². The molecule has 134 valence electrons. The molecule has 0 bridgehead atoms. The zero-order chi connectivity index (χ0) is 18.4. The van der Waals surface area contributed by atoms with Gasteiger partial charge >= 0.3 is 6.09 Å². The highest BCUT2D eigenvalue weighted by atomic mass is 16.6. The summed E-state index contributed by atoms with van der Waals surface area (Å²) < 4.78 is 4.93. The number of hydrogen-bond acceptors (Lipinski definition) is 4. The SMILES string of the molecule is O=C(CCC(=O)c1ccccc1)NCc1cccc(N2CCOC2=O)c1. The van der Waals surface area contributed by atoms with Crippen LogP contribution in [0.5, 0.6) is 0 Å². The maximum Gasteiger partial charge on any atom is 0.414 e. The molecule has 0 aliphatic carbocycles. The number of ether oxygens (including phenoxy) is 1. The van der Waals surface area contributed by atoms with Crippen molar-refractivity contribution in [3.8, 4) is 0 Å². The molecule has 2 amide bonds. The van der Waals surface area contributed by atoms with Crippen LogP contribution >= 0.6 is 0 Å². The summed E-state index contributed by atoms with van der Waals surface area (Å²) in [7, 11) is 0. The van der Waals surface area contributed by atoms with Gasteiger partial charge < -0.3 is 10.1 Å². The molecule has 2 aromatic rings. The first kappa shape index (κ1) is 17.7. The highest BCUT2D eigenvalue weighted by Crippen LogP contribution is 2.20. The Bertz CT molecular complexity index is 804. The van der Waals surface area contributed by atoms with Crippen LogP contribution in [0.25, 0.3) is 0 Å². The smallest absolute Gasteiger partial charge is 0.414 e. The normalized spacial score (nSPS) is 13.4. The average Bonchev–Trinajstić information content (AvgIpc) is 3.11. The molecule has 0 saturated carbocycles. The predicted octanol–water partition coefficient (Wildman–Crippen LogP) is 2.92. The van der Waals surface area contributed by atoms with E-state index < -0.39 is 0 Å². The van der Waals surface area contributed by atoms with Gasteiger partial charge in [-0.3, -0.25) is 14.5 Å². The van der Waals surface area contributed by atoms with Crippen molar-refractivity contribution in [3.63, 3.8) is 0 Å². The molecule has 3 rings (SSSR count). The molecule has 0 radical (unpaired) electrons. The minimum Gasteiger partial charge on any atom is -0.447 e. The lowest BCUT2D eigenvalue weighted by atomic mass is 10.1. The number of benzene rings is 2. The van der Waals surface area contributed by atoms with Gasteiger partial charge in [-0.05, 0) is 17.7 Å². The Balaban J connectivity index is 1.49. The highest BCUT2D eigenvalue weighted by Gasteiger charge is 2.23. The minimum atomic E-state index is -0.356. The Hall–Kier alpha value is -3.15. The van der Waals surface area contributed by atoms with E-state index >= 15 is 0 Å². The molecule has 0 spiro atoms. The predicted molar refractivity (Wildman–Crippen MR) is 97.0 cm³/mol. The van der Waals surface area contributed by atoms with Crippen LogP contribution in [0.2, 0.25) is 0 Å². The number of carbonyl (C=O) groups is 3. The van der Waals surface area contributed by atoms with Gasteiger partial charge in [0.25, 0.3) is 0 Å². The Morgan fingerprint density at radius 3 is 2.58 bits per heavy atom. The Morgan fingerprint density at radius 2 is 1.85 bits per heavy atom. The van der Waals surface area contributed by atoms with Crippen LogP contribution in [0.15, 0.2) is 54.6 Å². The molecule has 0 aromatic heterocycles. The fourth-order valence-corrected chi connectivity index (χ4v) is 2.75. The lowest BCUT2D eigenvalue weighted by Gasteiger charge is -2.14. The molecular formula is C20H20N2O4. The minimum absolute atomic E-state index is 0.0460. The monoisotopic (exact) mass is 352 g/mol. The third kappa shape index (κ3) is 4.47. The topological polar surface area (TPSA) is 75.7 Å². The van der Waals surface area contributed by atoms with Crippen molar-refractivity contribution in [1.29, 1.82) is 0 Å². The Labute approximate surface area is 151 Å². The summed E-state index contributed by atoms with van der Waals surface area (Å²) in [6, 6.07) is 16.3. The molecule has 1 N–H and O–H groups in total. The second-order valence-electron chi connectivity index (χ2n) is 6.00. The number of amides is 2. The van der Waals surface area contributed by atoms with Crippen LogP contribution < -0.4 is 10.2 Å². The van der Waals surface area contributed by atoms with E-state index in [2.05, 4.69) is 5.32 Å². The zero-order valence-corrected chi connectivity index (χ0v) is 14.3. The standard InChI is InChI=1S/C20H20N2O4/c23-18(16-6-2-1-3-7-16)9-10-19(24)21-14-15-5-4-8-17(13-15)22-11-12-26-20(22)25/h1-8,13H,9-12,14H2,(H,21,24). The van der Waals surface area contributed by atoms with Crippen LogP contribution in [-0.2, 0) is 16.1 Å². The van der Waals surface area contributed by atoms with Gasteiger partial charge in [-0.15, -0.1) is 0 Å². The number of Topliss-reactive ketones (excluding diaryl/α,β-unsaturated/α-hetero) is 1. The first-order valence-electron chi connectivity index (χ1n) is 8.51. The molecule has 6 heteroatoms. The number of hydrogen-bond donors (Lipinski definition) is 1. The first-order valence-corrected chi connectivity index (χ1v) is 8.51. The van der Waals surface area contributed by atoms with Gasteiger partial charge in [0.2, 0.25) is 5.91 Å². The lowest BCUT2D eigenvalue weighted by Crippen LogP contribution is -2.25. The molecule has 1 fully saturated rings. The van der Waals surface area contributed by atoms with Crippen molar-refractivity contribution >= 4 is 23.5 Å². The third-order valence-corrected chi connectivity index (χ3v) is 4.15. The number of rotatable bonds is 7. The van der Waals surface area contributed by atoms with E-state index in [1.54, 1.807) is 29.2 Å². The van der Waals surface area contributed by atoms with Crippen molar-refractivity contribution in [2.45, 2.75) is 19.4 Å². The van der Waals surface area contributed by atoms with Crippen LogP contribution in [0, 0.1) is 0 Å². The maximum absolute atomic E-state index is 12.0. The van der Waals surface area contributed by atoms with E-state index in [1.165, 1.54) is 0 Å². The third-order valence-electron chi connectivity index (χ3n) is 4.15. The van der Waals surface area contributed by atoms with Crippen molar-refractivity contribution in [2.24, 2.45) is 0 Å². The fourth-order valence-electron chi connectivity index (χ4n) is 2.75. The largest absolute Gasteiger partial charge is 0.447 e.